The summed E-state index contributed by atoms with van der Waals surface area (Å²) in [7, 11) is 2.98. The Morgan fingerprint density at radius 3 is 2.82 bits per heavy atom. The Bertz CT molecular complexity index is 1140. The fourth-order valence-corrected chi connectivity index (χ4v) is 4.89. The van der Waals surface area contributed by atoms with Crippen molar-refractivity contribution >= 4 is 44.7 Å². The molecule has 0 aliphatic heterocycles. The minimum Gasteiger partial charge on any atom is -0.495 e. The van der Waals surface area contributed by atoms with Crippen LogP contribution in [0, 0.1) is 0 Å². The van der Waals surface area contributed by atoms with Crippen LogP contribution in [0.15, 0.2) is 23.3 Å². The third-order valence-electron chi connectivity index (χ3n) is 4.75. The van der Waals surface area contributed by atoms with Crippen molar-refractivity contribution in [1.82, 2.24) is 9.55 Å². The lowest BCUT2D eigenvalue weighted by Gasteiger charge is -2.13. The van der Waals surface area contributed by atoms with Crippen LogP contribution in [0.5, 0.6) is 11.5 Å². The number of fused-ring (bicyclic) bond motifs is 3. The van der Waals surface area contributed by atoms with E-state index in [1.165, 1.54) is 30.0 Å². The number of aryl methyl sites for hydroxylation is 2. The number of amides is 1. The first kappa shape index (κ1) is 18.8. The predicted octanol–water partition coefficient (Wildman–Crippen LogP) is 3.26. The van der Waals surface area contributed by atoms with Gasteiger partial charge in [-0.1, -0.05) is 11.6 Å². The average Bonchev–Trinajstić information content (AvgIpc) is 3.25. The first-order valence-corrected chi connectivity index (χ1v) is 9.92. The number of hydrogen-bond donors (Lipinski definition) is 1. The molecule has 2 aromatic heterocycles. The second-order valence-corrected chi connectivity index (χ2v) is 7.94. The molecule has 0 unspecified atom stereocenters. The molecule has 1 aromatic carbocycles. The fraction of sp³-hybridized carbons (Fsp3) is 0.316. The summed E-state index contributed by atoms with van der Waals surface area (Å²) in [6.07, 6.45) is 4.37. The molecule has 0 saturated heterocycles. The van der Waals surface area contributed by atoms with E-state index in [-0.39, 0.29) is 18.0 Å². The second kappa shape index (κ2) is 7.44. The van der Waals surface area contributed by atoms with Gasteiger partial charge in [0.25, 0.3) is 5.56 Å². The smallest absolute Gasteiger partial charge is 0.262 e. The van der Waals surface area contributed by atoms with Crippen molar-refractivity contribution in [1.29, 1.82) is 0 Å². The van der Waals surface area contributed by atoms with Gasteiger partial charge in [0, 0.05) is 10.9 Å². The van der Waals surface area contributed by atoms with Crippen molar-refractivity contribution in [3.8, 4) is 11.5 Å². The number of thiophene rings is 1. The summed E-state index contributed by atoms with van der Waals surface area (Å²) in [5, 5.41) is 3.73. The van der Waals surface area contributed by atoms with Crippen LogP contribution in [0.25, 0.3) is 10.2 Å². The molecule has 1 N–H and O–H groups in total. The molecule has 1 amide bonds. The maximum Gasteiger partial charge on any atom is 0.262 e. The van der Waals surface area contributed by atoms with Gasteiger partial charge in [0.05, 0.1) is 36.6 Å². The van der Waals surface area contributed by atoms with Crippen molar-refractivity contribution in [2.45, 2.75) is 25.8 Å². The number of aromatic nitrogens is 2. The predicted molar refractivity (Wildman–Crippen MR) is 109 cm³/mol. The van der Waals surface area contributed by atoms with E-state index in [1.54, 1.807) is 23.5 Å². The lowest BCUT2D eigenvalue weighted by atomic mass is 10.2. The first-order valence-electron chi connectivity index (χ1n) is 8.73. The Morgan fingerprint density at radius 2 is 2.07 bits per heavy atom. The van der Waals surface area contributed by atoms with E-state index in [0.29, 0.717) is 27.6 Å². The lowest BCUT2D eigenvalue weighted by Crippen LogP contribution is -2.28. The number of benzene rings is 1. The zero-order valence-corrected chi connectivity index (χ0v) is 16.9. The Balaban J connectivity index is 1.60. The maximum atomic E-state index is 12.9. The molecular formula is C19H18ClN3O4S. The quantitative estimate of drug-likeness (QED) is 0.686. The maximum absolute atomic E-state index is 12.9. The van der Waals surface area contributed by atoms with Gasteiger partial charge in [-0.05, 0) is 30.9 Å². The van der Waals surface area contributed by atoms with Crippen LogP contribution in [-0.4, -0.2) is 29.7 Å². The number of carbonyl (C=O) groups excluding carboxylic acids is 1. The highest BCUT2D eigenvalue weighted by Crippen LogP contribution is 2.36. The van der Waals surface area contributed by atoms with E-state index >= 15 is 0 Å². The van der Waals surface area contributed by atoms with Crippen LogP contribution >= 0.6 is 22.9 Å². The summed E-state index contributed by atoms with van der Waals surface area (Å²) >= 11 is 7.71. The van der Waals surface area contributed by atoms with E-state index < -0.39 is 0 Å². The van der Waals surface area contributed by atoms with Crippen LogP contribution in [0.4, 0.5) is 5.69 Å². The number of nitrogens with one attached hydrogen (secondary N) is 1. The Kier molecular flexibility index (Phi) is 4.99. The molecule has 0 bridgehead atoms. The average molecular weight is 420 g/mol. The van der Waals surface area contributed by atoms with Crippen molar-refractivity contribution in [2.24, 2.45) is 0 Å². The van der Waals surface area contributed by atoms with Crippen LogP contribution in [0.1, 0.15) is 16.9 Å². The molecule has 0 spiro atoms. The minimum absolute atomic E-state index is 0.154. The molecule has 1 aliphatic carbocycles. The van der Waals surface area contributed by atoms with Gasteiger partial charge in [0.1, 0.15) is 22.9 Å². The summed E-state index contributed by atoms with van der Waals surface area (Å²) < 4.78 is 11.8. The van der Waals surface area contributed by atoms with Gasteiger partial charge in [-0.3, -0.25) is 14.2 Å². The van der Waals surface area contributed by atoms with Gasteiger partial charge < -0.3 is 14.8 Å². The third-order valence-corrected chi connectivity index (χ3v) is 6.25. The van der Waals surface area contributed by atoms with Crippen molar-refractivity contribution in [3.63, 3.8) is 0 Å². The van der Waals surface area contributed by atoms with Crippen LogP contribution in [0.2, 0.25) is 5.02 Å². The van der Waals surface area contributed by atoms with Crippen LogP contribution < -0.4 is 20.3 Å². The summed E-state index contributed by atoms with van der Waals surface area (Å²) in [5.74, 6) is 0.467. The molecule has 0 fully saturated rings. The molecule has 1 aliphatic rings. The Labute approximate surface area is 169 Å². The van der Waals surface area contributed by atoms with Gasteiger partial charge in [0.15, 0.2) is 0 Å². The zero-order chi connectivity index (χ0) is 19.8. The van der Waals surface area contributed by atoms with E-state index in [4.69, 9.17) is 21.1 Å². The van der Waals surface area contributed by atoms with E-state index in [2.05, 4.69) is 10.3 Å². The number of carbonyl (C=O) groups is 1. The van der Waals surface area contributed by atoms with E-state index in [0.717, 1.165) is 29.7 Å². The highest BCUT2D eigenvalue weighted by Gasteiger charge is 2.22. The number of rotatable bonds is 5. The van der Waals surface area contributed by atoms with Crippen LogP contribution in [-0.2, 0) is 24.2 Å². The summed E-state index contributed by atoms with van der Waals surface area (Å²) in [4.78, 5) is 31.8. The van der Waals surface area contributed by atoms with Gasteiger partial charge in [-0.25, -0.2) is 4.98 Å². The first-order chi connectivity index (χ1) is 13.5. The van der Waals surface area contributed by atoms with E-state index in [1.807, 2.05) is 0 Å². The topological polar surface area (TPSA) is 82.4 Å². The van der Waals surface area contributed by atoms with E-state index in [9.17, 15) is 9.59 Å². The monoisotopic (exact) mass is 419 g/mol. The Morgan fingerprint density at radius 1 is 1.29 bits per heavy atom. The summed E-state index contributed by atoms with van der Waals surface area (Å²) in [5.41, 5.74) is 1.31. The van der Waals surface area contributed by atoms with Crippen molar-refractivity contribution in [3.05, 3.63) is 44.3 Å². The molecule has 146 valence electrons. The largest absolute Gasteiger partial charge is 0.495 e. The lowest BCUT2D eigenvalue weighted by molar-refractivity contribution is -0.116. The molecule has 0 saturated carbocycles. The molecular weight excluding hydrogens is 402 g/mol. The van der Waals surface area contributed by atoms with Crippen molar-refractivity contribution in [2.75, 3.05) is 19.5 Å². The second-order valence-electron chi connectivity index (χ2n) is 6.45. The Hall–Kier alpha value is -2.58. The number of anilines is 1. The number of methoxy groups -OCH3 is 2. The molecule has 0 atom stereocenters. The third kappa shape index (κ3) is 3.22. The molecule has 7 nitrogen and oxygen atoms in total. The highest BCUT2D eigenvalue weighted by atomic mass is 35.5. The molecule has 2 heterocycles. The van der Waals surface area contributed by atoms with Crippen LogP contribution in [0.3, 0.4) is 0 Å². The number of halogens is 1. The summed E-state index contributed by atoms with van der Waals surface area (Å²) in [6.45, 7) is -0.154. The number of ether oxygens (including phenoxy) is 2. The minimum atomic E-state index is -0.380. The van der Waals surface area contributed by atoms with Gasteiger partial charge in [0.2, 0.25) is 5.91 Å². The summed E-state index contributed by atoms with van der Waals surface area (Å²) in [6, 6.07) is 3.14. The molecule has 3 aromatic rings. The molecule has 0 radical (unpaired) electrons. The molecule has 9 heteroatoms. The fourth-order valence-electron chi connectivity index (χ4n) is 3.43. The highest BCUT2D eigenvalue weighted by molar-refractivity contribution is 7.18. The SMILES string of the molecule is COc1cc(OC)c(NC(=O)Cn2cnc3sc4c(c3c2=O)CCC4)cc1Cl. The standard InChI is InChI=1S/C19H18ClN3O4S/c1-26-13-7-14(27-2)12(6-11(13)20)22-16(24)8-23-9-21-18-17(19(23)25)10-4-3-5-15(10)28-18/h6-7,9H,3-5,8H2,1-2H3,(H,22,24). The number of nitrogens with zero attached hydrogens (tertiary/aromatic N) is 2. The van der Waals surface area contributed by atoms with Crippen molar-refractivity contribution < 1.29 is 14.3 Å². The normalized spacial score (nSPS) is 12.8. The van der Waals surface area contributed by atoms with Gasteiger partial charge in [-0.15, -0.1) is 11.3 Å². The van der Waals surface area contributed by atoms with Gasteiger partial charge >= 0.3 is 0 Å². The molecule has 4 rings (SSSR count). The molecule has 28 heavy (non-hydrogen) atoms. The number of hydrogen-bond acceptors (Lipinski definition) is 6. The van der Waals surface area contributed by atoms with Gasteiger partial charge in [-0.2, -0.15) is 0 Å². The zero-order valence-electron chi connectivity index (χ0n) is 15.4.